The van der Waals surface area contributed by atoms with E-state index in [0.717, 1.165) is 11.1 Å². The number of aromatic nitrogens is 3. The number of rotatable bonds is 6. The number of carbonyl (C=O) groups is 1. The van der Waals surface area contributed by atoms with Gasteiger partial charge in [-0.25, -0.2) is 0 Å². The van der Waals surface area contributed by atoms with Gasteiger partial charge in [0.05, 0.1) is 0 Å². The maximum absolute atomic E-state index is 12.2. The molecule has 0 spiro atoms. The number of hydrogen-bond acceptors (Lipinski definition) is 6. The summed E-state index contributed by atoms with van der Waals surface area (Å²) in [6.07, 6.45) is 4.25. The van der Waals surface area contributed by atoms with Crippen LogP contribution in [0.5, 0.6) is 0 Å². The highest BCUT2D eigenvalue weighted by atomic mass is 32.1. The van der Waals surface area contributed by atoms with E-state index in [2.05, 4.69) is 15.1 Å². The number of amides is 1. The molecule has 23 heavy (non-hydrogen) atoms. The lowest BCUT2D eigenvalue weighted by Crippen LogP contribution is -2.26. The van der Waals surface area contributed by atoms with E-state index >= 15 is 0 Å². The first-order chi connectivity index (χ1) is 11.2. The molecule has 3 aromatic rings. The Bertz CT molecular complexity index is 756. The van der Waals surface area contributed by atoms with E-state index in [4.69, 9.17) is 4.52 Å². The first kappa shape index (κ1) is 15.4. The second-order valence-electron chi connectivity index (χ2n) is 5.13. The Morgan fingerprint density at radius 1 is 1.39 bits per heavy atom. The molecular weight excluding hydrogens is 312 g/mol. The van der Waals surface area contributed by atoms with Gasteiger partial charge in [-0.15, -0.1) is 0 Å². The van der Waals surface area contributed by atoms with Crippen LogP contribution in [-0.4, -0.2) is 33.0 Å². The molecule has 0 unspecified atom stereocenters. The number of pyridine rings is 1. The van der Waals surface area contributed by atoms with Crippen molar-refractivity contribution in [1.29, 1.82) is 0 Å². The highest BCUT2D eigenvalue weighted by Gasteiger charge is 2.13. The standard InChI is InChI=1S/C16H16N4O2S/c1-20(10-12-3-2-7-17-9-12)15(21)5-4-14-18-16(19-22-14)13-6-8-23-11-13/h2-3,6-9,11H,4-5,10H2,1H3. The van der Waals surface area contributed by atoms with Gasteiger partial charge in [0.15, 0.2) is 0 Å². The monoisotopic (exact) mass is 328 g/mol. The molecule has 0 saturated heterocycles. The lowest BCUT2D eigenvalue weighted by molar-refractivity contribution is -0.130. The Hall–Kier alpha value is -2.54. The van der Waals surface area contributed by atoms with Crippen LogP contribution in [0.15, 0.2) is 45.9 Å². The fraction of sp³-hybridized carbons (Fsp3) is 0.250. The molecule has 0 aromatic carbocycles. The predicted molar refractivity (Wildman–Crippen MR) is 86.6 cm³/mol. The van der Waals surface area contributed by atoms with Crippen molar-refractivity contribution < 1.29 is 9.32 Å². The average molecular weight is 328 g/mol. The summed E-state index contributed by atoms with van der Waals surface area (Å²) in [6, 6.07) is 5.74. The van der Waals surface area contributed by atoms with E-state index in [0.29, 0.717) is 31.1 Å². The molecule has 7 heteroatoms. The number of thiophene rings is 1. The lowest BCUT2D eigenvalue weighted by Gasteiger charge is -2.16. The molecule has 0 bridgehead atoms. The first-order valence-electron chi connectivity index (χ1n) is 7.20. The summed E-state index contributed by atoms with van der Waals surface area (Å²) in [5, 5.41) is 7.86. The van der Waals surface area contributed by atoms with Crippen molar-refractivity contribution >= 4 is 17.2 Å². The molecule has 3 aromatic heterocycles. The minimum Gasteiger partial charge on any atom is -0.341 e. The van der Waals surface area contributed by atoms with Crippen molar-refractivity contribution in [3.63, 3.8) is 0 Å². The molecule has 0 N–H and O–H groups in total. The number of hydrogen-bond donors (Lipinski definition) is 0. The number of carbonyl (C=O) groups excluding carboxylic acids is 1. The molecule has 0 aliphatic heterocycles. The average Bonchev–Trinajstić information content (AvgIpc) is 3.24. The minimum atomic E-state index is 0.0316. The topological polar surface area (TPSA) is 72.1 Å². The first-order valence-corrected chi connectivity index (χ1v) is 8.14. The smallest absolute Gasteiger partial charge is 0.227 e. The van der Waals surface area contributed by atoms with Crippen LogP contribution in [0.1, 0.15) is 17.9 Å². The summed E-state index contributed by atoms with van der Waals surface area (Å²) in [5.74, 6) is 1.08. The Balaban J connectivity index is 1.52. The van der Waals surface area contributed by atoms with Gasteiger partial charge in [-0.1, -0.05) is 11.2 Å². The van der Waals surface area contributed by atoms with Crippen molar-refractivity contribution in [3.8, 4) is 11.4 Å². The van der Waals surface area contributed by atoms with E-state index in [1.807, 2.05) is 29.0 Å². The normalized spacial score (nSPS) is 10.7. The molecule has 0 aliphatic carbocycles. The summed E-state index contributed by atoms with van der Waals surface area (Å²) >= 11 is 1.58. The van der Waals surface area contributed by atoms with Crippen LogP contribution in [0, 0.1) is 0 Å². The Morgan fingerprint density at radius 3 is 3.04 bits per heavy atom. The second-order valence-corrected chi connectivity index (χ2v) is 5.91. The number of nitrogens with zero attached hydrogens (tertiary/aromatic N) is 4. The third-order valence-electron chi connectivity index (χ3n) is 3.37. The van der Waals surface area contributed by atoms with Crippen molar-refractivity contribution in [1.82, 2.24) is 20.0 Å². The van der Waals surface area contributed by atoms with Gasteiger partial charge in [-0.2, -0.15) is 16.3 Å². The third kappa shape index (κ3) is 4.01. The van der Waals surface area contributed by atoms with Crippen molar-refractivity contribution in [3.05, 3.63) is 52.8 Å². The highest BCUT2D eigenvalue weighted by Crippen LogP contribution is 2.19. The van der Waals surface area contributed by atoms with Gasteiger partial charge in [0.2, 0.25) is 17.6 Å². The lowest BCUT2D eigenvalue weighted by atomic mass is 10.2. The van der Waals surface area contributed by atoms with Crippen LogP contribution in [0.2, 0.25) is 0 Å². The second kappa shape index (κ2) is 7.15. The summed E-state index contributed by atoms with van der Waals surface area (Å²) in [6.45, 7) is 0.538. The SMILES string of the molecule is CN(Cc1cccnc1)C(=O)CCc1nc(-c2ccsc2)no1. The molecule has 3 rings (SSSR count). The van der Waals surface area contributed by atoms with Gasteiger partial charge in [0.1, 0.15) is 0 Å². The fourth-order valence-corrected chi connectivity index (χ4v) is 2.76. The van der Waals surface area contributed by atoms with Crippen LogP contribution >= 0.6 is 11.3 Å². The van der Waals surface area contributed by atoms with Crippen molar-refractivity contribution in [2.75, 3.05) is 7.05 Å². The van der Waals surface area contributed by atoms with Crippen LogP contribution in [-0.2, 0) is 17.8 Å². The molecule has 3 heterocycles. The molecule has 1 amide bonds. The summed E-state index contributed by atoms with van der Waals surface area (Å²) in [4.78, 5) is 22.2. The van der Waals surface area contributed by atoms with E-state index in [1.54, 1.807) is 35.7 Å². The Kier molecular flexibility index (Phi) is 4.77. The van der Waals surface area contributed by atoms with Crippen LogP contribution in [0.3, 0.4) is 0 Å². The fourth-order valence-electron chi connectivity index (χ4n) is 2.12. The zero-order chi connectivity index (χ0) is 16.1. The van der Waals surface area contributed by atoms with Gasteiger partial charge >= 0.3 is 0 Å². The Morgan fingerprint density at radius 2 is 2.30 bits per heavy atom. The van der Waals surface area contributed by atoms with Crippen molar-refractivity contribution in [2.45, 2.75) is 19.4 Å². The quantitative estimate of drug-likeness (QED) is 0.696. The van der Waals surface area contributed by atoms with E-state index < -0.39 is 0 Å². The molecule has 0 radical (unpaired) electrons. The van der Waals surface area contributed by atoms with E-state index in [9.17, 15) is 4.79 Å². The molecule has 6 nitrogen and oxygen atoms in total. The van der Waals surface area contributed by atoms with Crippen LogP contribution < -0.4 is 0 Å². The van der Waals surface area contributed by atoms with Gasteiger partial charge in [0.25, 0.3) is 0 Å². The molecule has 0 saturated carbocycles. The maximum atomic E-state index is 12.2. The minimum absolute atomic E-state index is 0.0316. The molecule has 0 atom stereocenters. The van der Waals surface area contributed by atoms with E-state index in [1.165, 1.54) is 0 Å². The van der Waals surface area contributed by atoms with Gasteiger partial charge < -0.3 is 9.42 Å². The molecule has 0 fully saturated rings. The van der Waals surface area contributed by atoms with Gasteiger partial charge in [0, 0.05) is 49.8 Å². The molecule has 0 aliphatic rings. The third-order valence-corrected chi connectivity index (χ3v) is 4.05. The molecular formula is C16H16N4O2S. The highest BCUT2D eigenvalue weighted by molar-refractivity contribution is 7.08. The zero-order valence-corrected chi connectivity index (χ0v) is 13.5. The number of aryl methyl sites for hydroxylation is 1. The van der Waals surface area contributed by atoms with Crippen molar-refractivity contribution in [2.24, 2.45) is 0 Å². The predicted octanol–water partition coefficient (Wildman–Crippen LogP) is 2.78. The molecule has 118 valence electrons. The maximum Gasteiger partial charge on any atom is 0.227 e. The van der Waals surface area contributed by atoms with Crippen LogP contribution in [0.4, 0.5) is 0 Å². The van der Waals surface area contributed by atoms with Gasteiger partial charge in [-0.05, 0) is 23.1 Å². The zero-order valence-electron chi connectivity index (χ0n) is 12.7. The summed E-state index contributed by atoms with van der Waals surface area (Å²) in [7, 11) is 1.78. The van der Waals surface area contributed by atoms with E-state index in [-0.39, 0.29) is 5.91 Å². The summed E-state index contributed by atoms with van der Waals surface area (Å²) in [5.41, 5.74) is 1.94. The largest absolute Gasteiger partial charge is 0.341 e. The summed E-state index contributed by atoms with van der Waals surface area (Å²) < 4.78 is 5.20. The van der Waals surface area contributed by atoms with Crippen LogP contribution in [0.25, 0.3) is 11.4 Å². The van der Waals surface area contributed by atoms with Gasteiger partial charge in [-0.3, -0.25) is 9.78 Å². The Labute approximate surface area is 137 Å².